The molecule has 8 heteroatoms. The van der Waals surface area contributed by atoms with Crippen LogP contribution in [0.25, 0.3) is 11.0 Å². The Morgan fingerprint density at radius 3 is 2.92 bits per heavy atom. The van der Waals surface area contributed by atoms with Crippen LogP contribution in [0.4, 0.5) is 11.8 Å². The number of nitrogens with two attached hydrogens (primary N) is 1. The Balaban J connectivity index is 1.65. The van der Waals surface area contributed by atoms with E-state index in [1.54, 1.807) is 7.11 Å². The van der Waals surface area contributed by atoms with Gasteiger partial charge in [0.2, 0.25) is 5.95 Å². The molecule has 0 saturated heterocycles. The summed E-state index contributed by atoms with van der Waals surface area (Å²) in [7, 11) is 1.66. The molecule has 0 amide bonds. The van der Waals surface area contributed by atoms with Gasteiger partial charge in [-0.05, 0) is 25.3 Å². The third-order valence-electron chi connectivity index (χ3n) is 4.70. The fourth-order valence-electron chi connectivity index (χ4n) is 3.45. The van der Waals surface area contributed by atoms with E-state index in [1.807, 2.05) is 35.1 Å². The lowest BCUT2D eigenvalue weighted by atomic mass is 10.2. The summed E-state index contributed by atoms with van der Waals surface area (Å²) < 4.78 is 7.22. The van der Waals surface area contributed by atoms with Crippen molar-refractivity contribution < 1.29 is 9.84 Å². The van der Waals surface area contributed by atoms with E-state index in [0.29, 0.717) is 29.8 Å². The Morgan fingerprint density at radius 2 is 2.15 bits per heavy atom. The van der Waals surface area contributed by atoms with Crippen molar-refractivity contribution in [3.63, 3.8) is 0 Å². The van der Waals surface area contributed by atoms with Gasteiger partial charge >= 0.3 is 0 Å². The fraction of sp³-hybridized carbons (Fsp3) is 0.389. The van der Waals surface area contributed by atoms with Crippen molar-refractivity contribution in [2.24, 2.45) is 0 Å². The van der Waals surface area contributed by atoms with E-state index in [2.05, 4.69) is 20.4 Å². The van der Waals surface area contributed by atoms with E-state index < -0.39 is 0 Å². The lowest BCUT2D eigenvalue weighted by molar-refractivity contribution is 0.182. The molecule has 1 aliphatic rings. The number of methoxy groups -OCH3 is 1. The van der Waals surface area contributed by atoms with Gasteiger partial charge in [-0.3, -0.25) is 4.68 Å². The van der Waals surface area contributed by atoms with Gasteiger partial charge in [-0.1, -0.05) is 18.2 Å². The lowest BCUT2D eigenvalue weighted by Gasteiger charge is -2.13. The standard InChI is InChI=1S/C18H22N6O2/c1-26-15-5-3-2-4-11(15)9-24-10-14-16(23-24)17(22-18(19)21-14)20-12-6-7-13(25)8-12/h2-5,10,12-13,25H,6-9H2,1H3,(H3,19,20,21,22)/t12-,13-/m0/s1. The van der Waals surface area contributed by atoms with E-state index >= 15 is 0 Å². The van der Waals surface area contributed by atoms with Gasteiger partial charge < -0.3 is 20.9 Å². The van der Waals surface area contributed by atoms with Gasteiger partial charge in [0.05, 0.1) is 26.0 Å². The summed E-state index contributed by atoms with van der Waals surface area (Å²) in [5.41, 5.74) is 8.25. The number of anilines is 2. The Labute approximate surface area is 151 Å². The maximum atomic E-state index is 9.73. The highest BCUT2D eigenvalue weighted by atomic mass is 16.5. The molecule has 26 heavy (non-hydrogen) atoms. The Hall–Kier alpha value is -2.87. The van der Waals surface area contributed by atoms with Gasteiger partial charge in [0.25, 0.3) is 0 Å². The minimum absolute atomic E-state index is 0.168. The first kappa shape index (κ1) is 16.6. The highest BCUT2D eigenvalue weighted by Crippen LogP contribution is 2.27. The van der Waals surface area contributed by atoms with Crippen molar-refractivity contribution in [2.75, 3.05) is 18.2 Å². The molecule has 1 fully saturated rings. The molecule has 0 unspecified atom stereocenters. The Bertz CT molecular complexity index is 925. The molecule has 0 aliphatic heterocycles. The third-order valence-corrected chi connectivity index (χ3v) is 4.70. The zero-order valence-corrected chi connectivity index (χ0v) is 14.6. The number of hydrogen-bond donors (Lipinski definition) is 3. The summed E-state index contributed by atoms with van der Waals surface area (Å²) >= 11 is 0. The summed E-state index contributed by atoms with van der Waals surface area (Å²) in [4.78, 5) is 8.61. The molecule has 0 spiro atoms. The molecule has 1 saturated carbocycles. The first-order valence-electron chi connectivity index (χ1n) is 8.69. The van der Waals surface area contributed by atoms with Gasteiger partial charge in [-0.2, -0.15) is 10.1 Å². The number of nitrogens with one attached hydrogen (secondary N) is 1. The fourth-order valence-corrected chi connectivity index (χ4v) is 3.45. The van der Waals surface area contributed by atoms with E-state index in [-0.39, 0.29) is 18.1 Å². The van der Waals surface area contributed by atoms with Crippen LogP contribution < -0.4 is 15.8 Å². The zero-order valence-electron chi connectivity index (χ0n) is 14.6. The molecule has 2 aromatic heterocycles. The largest absolute Gasteiger partial charge is 0.496 e. The highest BCUT2D eigenvalue weighted by molar-refractivity contribution is 5.86. The summed E-state index contributed by atoms with van der Waals surface area (Å²) in [5, 5.41) is 17.7. The molecule has 3 aromatic rings. The van der Waals surface area contributed by atoms with Gasteiger partial charge in [-0.25, -0.2) is 4.98 Å². The van der Waals surface area contributed by atoms with Crippen LogP contribution in [-0.2, 0) is 6.54 Å². The van der Waals surface area contributed by atoms with Gasteiger partial charge in [0, 0.05) is 11.6 Å². The van der Waals surface area contributed by atoms with Gasteiger partial charge in [0.1, 0.15) is 11.3 Å². The van der Waals surface area contributed by atoms with Crippen molar-refractivity contribution >= 4 is 22.8 Å². The number of ether oxygens (including phenoxy) is 1. The predicted octanol–water partition coefficient (Wildman–Crippen LogP) is 1.79. The molecule has 1 aliphatic carbocycles. The van der Waals surface area contributed by atoms with Crippen molar-refractivity contribution in [2.45, 2.75) is 38.0 Å². The summed E-state index contributed by atoms with van der Waals surface area (Å²) in [5.74, 6) is 1.64. The van der Waals surface area contributed by atoms with E-state index in [4.69, 9.17) is 10.5 Å². The Kier molecular flexibility index (Phi) is 4.34. The number of aliphatic hydroxyl groups is 1. The van der Waals surface area contributed by atoms with Crippen LogP contribution in [0.5, 0.6) is 5.75 Å². The van der Waals surface area contributed by atoms with Crippen molar-refractivity contribution in [1.82, 2.24) is 19.7 Å². The number of benzene rings is 1. The van der Waals surface area contributed by atoms with Crippen LogP contribution in [-0.4, -0.2) is 44.1 Å². The number of para-hydroxylation sites is 1. The molecular formula is C18H22N6O2. The molecule has 0 radical (unpaired) electrons. The zero-order chi connectivity index (χ0) is 18.1. The van der Waals surface area contributed by atoms with Gasteiger partial charge in [-0.15, -0.1) is 0 Å². The second-order valence-corrected chi connectivity index (χ2v) is 6.61. The number of nitrogens with zero attached hydrogens (tertiary/aromatic N) is 4. The van der Waals surface area contributed by atoms with E-state index in [0.717, 1.165) is 24.2 Å². The lowest BCUT2D eigenvalue weighted by Crippen LogP contribution is -2.18. The quantitative estimate of drug-likeness (QED) is 0.640. The van der Waals surface area contributed by atoms with E-state index in [9.17, 15) is 5.11 Å². The third kappa shape index (κ3) is 3.28. The molecule has 2 atom stereocenters. The molecule has 2 heterocycles. The number of hydrogen-bond acceptors (Lipinski definition) is 7. The first-order chi connectivity index (χ1) is 12.6. The maximum absolute atomic E-state index is 9.73. The number of nitrogen functional groups attached to an aromatic ring is 1. The number of aromatic nitrogens is 4. The van der Waals surface area contributed by atoms with Gasteiger partial charge in [0.15, 0.2) is 11.3 Å². The highest BCUT2D eigenvalue weighted by Gasteiger charge is 2.24. The van der Waals surface area contributed by atoms with Crippen LogP contribution in [0.15, 0.2) is 30.5 Å². The first-order valence-corrected chi connectivity index (χ1v) is 8.69. The SMILES string of the molecule is COc1ccccc1Cn1cc2nc(N)nc(N[C@H]3CC[C@H](O)C3)c2n1. The average Bonchev–Trinajstić information content (AvgIpc) is 3.21. The van der Waals surface area contributed by atoms with Crippen LogP contribution >= 0.6 is 0 Å². The smallest absolute Gasteiger partial charge is 0.222 e. The second kappa shape index (κ2) is 6.80. The van der Waals surface area contributed by atoms with Crippen LogP contribution in [0.1, 0.15) is 24.8 Å². The predicted molar refractivity (Wildman–Crippen MR) is 99.1 cm³/mol. The Morgan fingerprint density at radius 1 is 1.31 bits per heavy atom. The number of rotatable bonds is 5. The monoisotopic (exact) mass is 354 g/mol. The molecular weight excluding hydrogens is 332 g/mol. The molecule has 0 bridgehead atoms. The minimum atomic E-state index is -0.259. The van der Waals surface area contributed by atoms with Crippen molar-refractivity contribution in [3.05, 3.63) is 36.0 Å². The van der Waals surface area contributed by atoms with Crippen LogP contribution in [0.3, 0.4) is 0 Å². The van der Waals surface area contributed by atoms with Crippen LogP contribution in [0, 0.1) is 0 Å². The normalized spacial score (nSPS) is 19.8. The van der Waals surface area contributed by atoms with Crippen LogP contribution in [0.2, 0.25) is 0 Å². The second-order valence-electron chi connectivity index (χ2n) is 6.61. The topological polar surface area (TPSA) is 111 Å². The van der Waals surface area contributed by atoms with E-state index in [1.165, 1.54) is 0 Å². The van der Waals surface area contributed by atoms with Crippen molar-refractivity contribution in [3.8, 4) is 5.75 Å². The summed E-state index contributed by atoms with van der Waals surface area (Å²) in [6.45, 7) is 0.557. The maximum Gasteiger partial charge on any atom is 0.222 e. The summed E-state index contributed by atoms with van der Waals surface area (Å²) in [6.07, 6.45) is 3.99. The minimum Gasteiger partial charge on any atom is -0.496 e. The molecule has 8 nitrogen and oxygen atoms in total. The molecule has 1 aromatic carbocycles. The summed E-state index contributed by atoms with van der Waals surface area (Å²) in [6, 6.07) is 8.00. The molecule has 136 valence electrons. The molecule has 4 N–H and O–H groups in total. The number of aliphatic hydroxyl groups excluding tert-OH is 1. The average molecular weight is 354 g/mol. The van der Waals surface area contributed by atoms with Crippen molar-refractivity contribution in [1.29, 1.82) is 0 Å². The number of fused-ring (bicyclic) bond motifs is 1. The molecule has 4 rings (SSSR count).